The van der Waals surface area contributed by atoms with E-state index >= 15 is 0 Å². The second-order valence-corrected chi connectivity index (χ2v) is 10.4. The molecule has 154 valence electrons. The average Bonchev–Trinajstić information content (AvgIpc) is 3.29. The van der Waals surface area contributed by atoms with Gasteiger partial charge in [0, 0.05) is 25.1 Å². The molecule has 28 heavy (non-hydrogen) atoms. The third-order valence-electron chi connectivity index (χ3n) is 5.70. The van der Waals surface area contributed by atoms with E-state index in [4.69, 9.17) is 9.15 Å². The minimum atomic E-state index is -0.193. The maximum absolute atomic E-state index is 13.3. The van der Waals surface area contributed by atoms with Crippen molar-refractivity contribution in [3.63, 3.8) is 0 Å². The molecule has 1 fully saturated rings. The van der Waals surface area contributed by atoms with Crippen LogP contribution in [0.2, 0.25) is 0 Å². The average molecular weight is 404 g/mol. The van der Waals surface area contributed by atoms with E-state index in [1.807, 2.05) is 23.6 Å². The van der Waals surface area contributed by atoms with E-state index < -0.39 is 0 Å². The molecule has 1 aliphatic heterocycles. The molecule has 1 amide bonds. The standard InChI is InChI=1S/C23H33NO3S/c1-22(2,3)18(19-8-6-13-26-19)10-12-24(21(25)20-9-7-15-28-20)17-11-14-27-23(4,5)16-17/h6-9,13,15,17-18H,10-12,14,16H2,1-5H3/t17-,18+/m0/s1. The van der Waals surface area contributed by atoms with Crippen LogP contribution in [0, 0.1) is 5.41 Å². The number of carbonyl (C=O) groups excluding carboxylic acids is 1. The van der Waals surface area contributed by atoms with Gasteiger partial charge in [0.25, 0.3) is 5.91 Å². The van der Waals surface area contributed by atoms with Crippen LogP contribution >= 0.6 is 11.3 Å². The quantitative estimate of drug-likeness (QED) is 0.597. The predicted octanol–water partition coefficient (Wildman–Crippen LogP) is 5.96. The summed E-state index contributed by atoms with van der Waals surface area (Å²) in [6.45, 7) is 12.4. The molecule has 1 saturated heterocycles. The summed E-state index contributed by atoms with van der Waals surface area (Å²) in [7, 11) is 0. The van der Waals surface area contributed by atoms with Crippen LogP contribution in [0.1, 0.15) is 75.2 Å². The SMILES string of the molecule is CC1(C)C[C@@H](N(CC[C@H](c2ccco2)C(C)(C)C)C(=O)c2cccs2)CCO1. The number of amides is 1. The van der Waals surface area contributed by atoms with E-state index in [2.05, 4.69) is 45.6 Å². The van der Waals surface area contributed by atoms with Crippen molar-refractivity contribution in [2.24, 2.45) is 5.41 Å². The molecule has 4 nitrogen and oxygen atoms in total. The maximum atomic E-state index is 13.3. The molecule has 5 heteroatoms. The van der Waals surface area contributed by atoms with Crippen molar-refractivity contribution in [2.45, 2.75) is 71.4 Å². The zero-order valence-corrected chi connectivity index (χ0v) is 18.6. The molecular formula is C23H33NO3S. The van der Waals surface area contributed by atoms with Crippen molar-refractivity contribution in [3.8, 4) is 0 Å². The molecule has 3 rings (SSSR count). The van der Waals surface area contributed by atoms with Crippen molar-refractivity contribution in [1.29, 1.82) is 0 Å². The van der Waals surface area contributed by atoms with Crippen molar-refractivity contribution in [3.05, 3.63) is 46.5 Å². The van der Waals surface area contributed by atoms with Gasteiger partial charge >= 0.3 is 0 Å². The van der Waals surface area contributed by atoms with Gasteiger partial charge in [-0.3, -0.25) is 4.79 Å². The van der Waals surface area contributed by atoms with Gasteiger partial charge in [-0.15, -0.1) is 11.3 Å². The van der Waals surface area contributed by atoms with Crippen LogP contribution in [0.25, 0.3) is 0 Å². The Morgan fingerprint density at radius 2 is 2.11 bits per heavy atom. The largest absolute Gasteiger partial charge is 0.469 e. The number of hydrogen-bond acceptors (Lipinski definition) is 4. The molecule has 2 aromatic rings. The summed E-state index contributed by atoms with van der Waals surface area (Å²) in [6.07, 6.45) is 4.38. The van der Waals surface area contributed by atoms with E-state index in [-0.39, 0.29) is 28.9 Å². The van der Waals surface area contributed by atoms with Gasteiger partial charge in [-0.05, 0) is 62.1 Å². The van der Waals surface area contributed by atoms with E-state index in [1.54, 1.807) is 6.26 Å². The Hall–Kier alpha value is -1.59. The monoisotopic (exact) mass is 403 g/mol. The molecule has 0 saturated carbocycles. The predicted molar refractivity (Wildman–Crippen MR) is 114 cm³/mol. The lowest BCUT2D eigenvalue weighted by atomic mass is 9.77. The maximum Gasteiger partial charge on any atom is 0.264 e. The second kappa shape index (κ2) is 8.42. The Morgan fingerprint density at radius 1 is 1.32 bits per heavy atom. The summed E-state index contributed by atoms with van der Waals surface area (Å²) < 4.78 is 11.6. The Balaban J connectivity index is 1.81. The Bertz CT molecular complexity index is 743. The van der Waals surface area contributed by atoms with Gasteiger partial charge in [-0.2, -0.15) is 0 Å². The summed E-state index contributed by atoms with van der Waals surface area (Å²) in [5, 5.41) is 1.97. The summed E-state index contributed by atoms with van der Waals surface area (Å²) in [4.78, 5) is 16.2. The van der Waals surface area contributed by atoms with Crippen molar-refractivity contribution in [2.75, 3.05) is 13.2 Å². The van der Waals surface area contributed by atoms with Crippen LogP contribution in [-0.4, -0.2) is 35.6 Å². The minimum absolute atomic E-state index is 0.0600. The Labute approximate surface area is 172 Å². The van der Waals surface area contributed by atoms with E-state index in [9.17, 15) is 4.79 Å². The van der Waals surface area contributed by atoms with Crippen LogP contribution in [0.4, 0.5) is 0 Å². The first-order valence-corrected chi connectivity index (χ1v) is 11.1. The van der Waals surface area contributed by atoms with Crippen LogP contribution in [0.5, 0.6) is 0 Å². The van der Waals surface area contributed by atoms with Crippen molar-refractivity contribution >= 4 is 17.2 Å². The highest BCUT2D eigenvalue weighted by Crippen LogP contribution is 2.39. The highest BCUT2D eigenvalue weighted by molar-refractivity contribution is 7.12. The molecule has 0 aliphatic carbocycles. The van der Waals surface area contributed by atoms with E-state index in [1.165, 1.54) is 11.3 Å². The van der Waals surface area contributed by atoms with Gasteiger partial charge in [0.15, 0.2) is 0 Å². The topological polar surface area (TPSA) is 42.7 Å². The highest BCUT2D eigenvalue weighted by Gasteiger charge is 2.36. The summed E-state index contributed by atoms with van der Waals surface area (Å²) in [5.41, 5.74) is -0.133. The summed E-state index contributed by atoms with van der Waals surface area (Å²) >= 11 is 1.52. The highest BCUT2D eigenvalue weighted by atomic mass is 32.1. The van der Waals surface area contributed by atoms with Gasteiger partial charge in [0.2, 0.25) is 0 Å². The molecule has 2 atom stereocenters. The molecule has 0 N–H and O–H groups in total. The molecule has 0 bridgehead atoms. The second-order valence-electron chi connectivity index (χ2n) is 9.45. The Morgan fingerprint density at radius 3 is 2.68 bits per heavy atom. The lowest BCUT2D eigenvalue weighted by Crippen LogP contribution is -2.49. The van der Waals surface area contributed by atoms with E-state index in [0.717, 1.165) is 36.4 Å². The summed E-state index contributed by atoms with van der Waals surface area (Å²) in [6, 6.07) is 8.08. The normalized spacial score (nSPS) is 20.7. The molecule has 2 aromatic heterocycles. The first-order chi connectivity index (χ1) is 13.2. The van der Waals surface area contributed by atoms with Gasteiger partial charge in [0.1, 0.15) is 5.76 Å². The number of carbonyl (C=O) groups is 1. The molecule has 0 radical (unpaired) electrons. The molecule has 3 heterocycles. The zero-order chi connectivity index (χ0) is 20.4. The number of furan rings is 1. The number of hydrogen-bond donors (Lipinski definition) is 0. The number of nitrogens with zero attached hydrogens (tertiary/aromatic N) is 1. The lowest BCUT2D eigenvalue weighted by molar-refractivity contribution is -0.0786. The van der Waals surface area contributed by atoms with Crippen LogP contribution in [-0.2, 0) is 4.74 Å². The third kappa shape index (κ3) is 5.06. The molecule has 0 unspecified atom stereocenters. The Kier molecular flexibility index (Phi) is 6.35. The first-order valence-electron chi connectivity index (χ1n) is 10.2. The van der Waals surface area contributed by atoms with Crippen LogP contribution in [0.3, 0.4) is 0 Å². The smallest absolute Gasteiger partial charge is 0.264 e. The minimum Gasteiger partial charge on any atom is -0.469 e. The van der Waals surface area contributed by atoms with E-state index in [0.29, 0.717) is 6.61 Å². The van der Waals surface area contributed by atoms with Crippen molar-refractivity contribution in [1.82, 2.24) is 4.90 Å². The zero-order valence-electron chi connectivity index (χ0n) is 17.7. The van der Waals surface area contributed by atoms with Crippen molar-refractivity contribution < 1.29 is 13.9 Å². The van der Waals surface area contributed by atoms with Gasteiger partial charge in [0.05, 0.1) is 16.7 Å². The molecular weight excluding hydrogens is 370 g/mol. The molecule has 0 aromatic carbocycles. The number of rotatable bonds is 6. The van der Waals surface area contributed by atoms with Crippen LogP contribution < -0.4 is 0 Å². The lowest BCUT2D eigenvalue weighted by Gasteiger charge is -2.42. The fourth-order valence-corrected chi connectivity index (χ4v) is 4.90. The fourth-order valence-electron chi connectivity index (χ4n) is 4.22. The number of ether oxygens (including phenoxy) is 1. The fraction of sp³-hybridized carbons (Fsp3) is 0.609. The molecule has 0 spiro atoms. The first kappa shape index (κ1) is 21.1. The third-order valence-corrected chi connectivity index (χ3v) is 6.55. The molecule has 1 aliphatic rings. The van der Waals surface area contributed by atoms with Gasteiger partial charge in [-0.25, -0.2) is 0 Å². The van der Waals surface area contributed by atoms with Gasteiger partial charge in [-0.1, -0.05) is 26.8 Å². The van der Waals surface area contributed by atoms with Gasteiger partial charge < -0.3 is 14.1 Å². The van der Waals surface area contributed by atoms with Crippen LogP contribution in [0.15, 0.2) is 40.3 Å². The summed E-state index contributed by atoms with van der Waals surface area (Å²) in [5.74, 6) is 1.40. The number of thiophene rings is 1.